The molecule has 27 heavy (non-hydrogen) atoms. The van der Waals surface area contributed by atoms with Gasteiger partial charge >= 0.3 is 0 Å². The first kappa shape index (κ1) is 22.8. The number of benzene rings is 1. The highest BCUT2D eigenvalue weighted by molar-refractivity contribution is 6.37. The molecule has 0 aliphatic carbocycles. The lowest BCUT2D eigenvalue weighted by atomic mass is 10.1. The number of nitrogens with one attached hydrogen (secondary N) is 2. The quantitative estimate of drug-likeness (QED) is 0.382. The van der Waals surface area contributed by atoms with Crippen LogP contribution < -0.4 is 10.6 Å². The third-order valence-electron chi connectivity index (χ3n) is 5.10. The molecule has 4 nitrogen and oxygen atoms in total. The van der Waals surface area contributed by atoms with Gasteiger partial charge in [0.25, 0.3) is 0 Å². The van der Waals surface area contributed by atoms with E-state index in [0.717, 1.165) is 38.2 Å². The minimum Gasteiger partial charge on any atom is -0.505 e. The molecule has 0 bridgehead atoms. The Morgan fingerprint density at radius 1 is 1.00 bits per heavy atom. The molecule has 1 aromatic rings. The van der Waals surface area contributed by atoms with Crippen LogP contribution in [0, 0.1) is 0 Å². The van der Waals surface area contributed by atoms with Crippen LogP contribution in [-0.2, 0) is 11.3 Å². The number of phenolic OH excluding ortho intramolecular Hbond substituents is 1. The lowest BCUT2D eigenvalue weighted by molar-refractivity contribution is 0.0307. The molecule has 1 aliphatic heterocycles. The Morgan fingerprint density at radius 3 is 2.41 bits per heavy atom. The van der Waals surface area contributed by atoms with Crippen molar-refractivity contribution < 1.29 is 9.84 Å². The molecule has 1 heterocycles. The molecule has 6 heteroatoms. The Bertz CT molecular complexity index is 537. The second kappa shape index (κ2) is 13.6. The molecule has 1 aliphatic rings. The number of phenols is 1. The van der Waals surface area contributed by atoms with Crippen molar-refractivity contribution in [3.05, 3.63) is 27.7 Å². The summed E-state index contributed by atoms with van der Waals surface area (Å²) in [4.78, 5) is 0. The maximum Gasteiger partial charge on any atom is 0.153 e. The van der Waals surface area contributed by atoms with Gasteiger partial charge in [0, 0.05) is 13.2 Å². The van der Waals surface area contributed by atoms with Crippen molar-refractivity contribution in [2.45, 2.75) is 70.4 Å². The van der Waals surface area contributed by atoms with E-state index in [-0.39, 0.29) is 5.75 Å². The number of hydrogen-bond acceptors (Lipinski definition) is 4. The highest BCUT2D eigenvalue weighted by Gasteiger charge is 2.12. The summed E-state index contributed by atoms with van der Waals surface area (Å²) in [5.74, 6) is -0.0289. The van der Waals surface area contributed by atoms with E-state index in [4.69, 9.17) is 27.9 Å². The lowest BCUT2D eigenvalue weighted by Crippen LogP contribution is -2.32. The van der Waals surface area contributed by atoms with E-state index in [2.05, 4.69) is 10.6 Å². The van der Waals surface area contributed by atoms with Crippen LogP contribution in [0.3, 0.4) is 0 Å². The monoisotopic (exact) mass is 416 g/mol. The van der Waals surface area contributed by atoms with Gasteiger partial charge in [-0.05, 0) is 56.9 Å². The molecular weight excluding hydrogens is 383 g/mol. The van der Waals surface area contributed by atoms with E-state index in [1.807, 2.05) is 6.07 Å². The van der Waals surface area contributed by atoms with Gasteiger partial charge in [0.05, 0.1) is 16.1 Å². The summed E-state index contributed by atoms with van der Waals surface area (Å²) in [5, 5.41) is 17.1. The fraction of sp³-hybridized carbons (Fsp3) is 0.714. The molecule has 1 fully saturated rings. The Labute approximate surface area is 174 Å². The van der Waals surface area contributed by atoms with Gasteiger partial charge in [0.2, 0.25) is 0 Å². The van der Waals surface area contributed by atoms with Gasteiger partial charge in [-0.15, -0.1) is 0 Å². The summed E-state index contributed by atoms with van der Waals surface area (Å²) < 4.78 is 5.93. The summed E-state index contributed by atoms with van der Waals surface area (Å²) in [6.45, 7) is 4.76. The van der Waals surface area contributed by atoms with E-state index in [1.165, 1.54) is 51.4 Å². The molecule has 0 aromatic heterocycles. The number of rotatable bonds is 13. The Balaban J connectivity index is 1.37. The van der Waals surface area contributed by atoms with Crippen molar-refractivity contribution in [1.29, 1.82) is 0 Å². The van der Waals surface area contributed by atoms with E-state index in [1.54, 1.807) is 6.07 Å². The standard InChI is InChI=1S/C21H34Cl2N2O2/c22-19-9-8-17(20(23)21(19)26)16-25-12-6-4-2-1-3-5-7-15-27-18-10-13-24-14-11-18/h8-9,18,24-26H,1-7,10-16H2. The normalized spacial score (nSPS) is 15.3. The number of ether oxygens (including phenoxy) is 1. The molecule has 1 saturated heterocycles. The van der Waals surface area contributed by atoms with Crippen molar-refractivity contribution in [2.24, 2.45) is 0 Å². The summed E-state index contributed by atoms with van der Waals surface area (Å²) in [6.07, 6.45) is 11.6. The topological polar surface area (TPSA) is 53.5 Å². The number of aromatic hydroxyl groups is 1. The van der Waals surface area contributed by atoms with Crippen LogP contribution in [-0.4, -0.2) is 37.5 Å². The van der Waals surface area contributed by atoms with Gasteiger partial charge in [-0.1, -0.05) is 61.4 Å². The third-order valence-corrected chi connectivity index (χ3v) is 5.83. The fourth-order valence-corrected chi connectivity index (χ4v) is 3.83. The average Bonchev–Trinajstić information content (AvgIpc) is 2.69. The maximum absolute atomic E-state index is 9.73. The predicted molar refractivity (Wildman–Crippen MR) is 114 cm³/mol. The highest BCUT2D eigenvalue weighted by Crippen LogP contribution is 2.34. The molecule has 0 saturated carbocycles. The van der Waals surface area contributed by atoms with Crippen LogP contribution in [0.2, 0.25) is 10.0 Å². The van der Waals surface area contributed by atoms with E-state index in [0.29, 0.717) is 22.7 Å². The number of piperidine rings is 1. The van der Waals surface area contributed by atoms with Crippen LogP contribution >= 0.6 is 23.2 Å². The molecule has 154 valence electrons. The molecular formula is C21H34Cl2N2O2. The largest absolute Gasteiger partial charge is 0.505 e. The first-order valence-electron chi connectivity index (χ1n) is 10.4. The van der Waals surface area contributed by atoms with Crippen LogP contribution in [0.5, 0.6) is 5.75 Å². The van der Waals surface area contributed by atoms with E-state index < -0.39 is 0 Å². The van der Waals surface area contributed by atoms with Crippen LogP contribution in [0.1, 0.15) is 63.4 Å². The molecule has 0 atom stereocenters. The van der Waals surface area contributed by atoms with Crippen LogP contribution in [0.15, 0.2) is 12.1 Å². The van der Waals surface area contributed by atoms with Crippen molar-refractivity contribution in [1.82, 2.24) is 10.6 Å². The van der Waals surface area contributed by atoms with E-state index in [9.17, 15) is 5.11 Å². The molecule has 0 amide bonds. The summed E-state index contributed by atoms with van der Waals surface area (Å²) in [7, 11) is 0. The molecule has 0 unspecified atom stereocenters. The molecule has 1 aromatic carbocycles. The fourth-order valence-electron chi connectivity index (χ4n) is 3.39. The Kier molecular flexibility index (Phi) is 11.5. The predicted octanol–water partition coefficient (Wildman–Crippen LogP) is 5.29. The second-order valence-electron chi connectivity index (χ2n) is 7.34. The average molecular weight is 417 g/mol. The Hall–Kier alpha value is -0.520. The lowest BCUT2D eigenvalue weighted by Gasteiger charge is -2.22. The van der Waals surface area contributed by atoms with Gasteiger partial charge in [0.1, 0.15) is 0 Å². The first-order chi connectivity index (χ1) is 13.2. The highest BCUT2D eigenvalue weighted by atomic mass is 35.5. The summed E-state index contributed by atoms with van der Waals surface area (Å²) >= 11 is 11.9. The molecule has 2 rings (SSSR count). The van der Waals surface area contributed by atoms with Crippen LogP contribution in [0.25, 0.3) is 0 Å². The molecule has 3 N–H and O–H groups in total. The summed E-state index contributed by atoms with van der Waals surface area (Å²) in [5.41, 5.74) is 0.880. The number of hydrogen-bond donors (Lipinski definition) is 3. The van der Waals surface area contributed by atoms with Gasteiger partial charge in [-0.3, -0.25) is 0 Å². The van der Waals surface area contributed by atoms with E-state index >= 15 is 0 Å². The van der Waals surface area contributed by atoms with Gasteiger partial charge in [-0.2, -0.15) is 0 Å². The van der Waals surface area contributed by atoms with Crippen molar-refractivity contribution in [2.75, 3.05) is 26.2 Å². The van der Waals surface area contributed by atoms with Gasteiger partial charge < -0.3 is 20.5 Å². The van der Waals surface area contributed by atoms with Crippen molar-refractivity contribution in [3.8, 4) is 5.75 Å². The first-order valence-corrected chi connectivity index (χ1v) is 11.1. The Morgan fingerprint density at radius 2 is 1.67 bits per heavy atom. The zero-order valence-corrected chi connectivity index (χ0v) is 17.8. The number of unbranched alkanes of at least 4 members (excludes halogenated alkanes) is 6. The van der Waals surface area contributed by atoms with Crippen molar-refractivity contribution >= 4 is 23.2 Å². The zero-order chi connectivity index (χ0) is 19.3. The smallest absolute Gasteiger partial charge is 0.153 e. The SMILES string of the molecule is Oc1c(Cl)ccc(CNCCCCCCCCCOC2CCNCC2)c1Cl. The molecule has 0 radical (unpaired) electrons. The van der Waals surface area contributed by atoms with Gasteiger partial charge in [0.15, 0.2) is 5.75 Å². The zero-order valence-electron chi connectivity index (χ0n) is 16.2. The second-order valence-corrected chi connectivity index (χ2v) is 8.13. The molecule has 0 spiro atoms. The van der Waals surface area contributed by atoms with Crippen molar-refractivity contribution in [3.63, 3.8) is 0 Å². The number of halogens is 2. The summed E-state index contributed by atoms with van der Waals surface area (Å²) in [6, 6.07) is 3.53. The minimum atomic E-state index is -0.0289. The van der Waals surface area contributed by atoms with Crippen LogP contribution in [0.4, 0.5) is 0 Å². The minimum absolute atomic E-state index is 0.0289. The van der Waals surface area contributed by atoms with Gasteiger partial charge in [-0.25, -0.2) is 0 Å². The maximum atomic E-state index is 9.73. The third kappa shape index (κ3) is 9.01.